The van der Waals surface area contributed by atoms with Crippen LogP contribution in [0.4, 0.5) is 5.95 Å². The SMILES string of the molecule is O=C(Nc1ncc[nH]1)c1ccn[nH]1. The number of hydrogen-bond acceptors (Lipinski definition) is 3. The van der Waals surface area contributed by atoms with Crippen LogP contribution in [0.5, 0.6) is 0 Å². The van der Waals surface area contributed by atoms with Gasteiger partial charge in [-0.1, -0.05) is 0 Å². The Labute approximate surface area is 73.4 Å². The summed E-state index contributed by atoms with van der Waals surface area (Å²) >= 11 is 0. The van der Waals surface area contributed by atoms with E-state index < -0.39 is 0 Å². The predicted molar refractivity (Wildman–Crippen MR) is 45.1 cm³/mol. The van der Waals surface area contributed by atoms with Crippen molar-refractivity contribution in [2.24, 2.45) is 0 Å². The Kier molecular flexibility index (Phi) is 1.79. The second-order valence-corrected chi connectivity index (χ2v) is 2.36. The summed E-state index contributed by atoms with van der Waals surface area (Å²) in [5, 5.41) is 8.75. The zero-order chi connectivity index (χ0) is 9.10. The topological polar surface area (TPSA) is 86.5 Å². The second kappa shape index (κ2) is 3.10. The summed E-state index contributed by atoms with van der Waals surface area (Å²) in [5.41, 5.74) is 0.399. The molecule has 0 saturated carbocycles. The monoisotopic (exact) mass is 177 g/mol. The summed E-state index contributed by atoms with van der Waals surface area (Å²) in [7, 11) is 0. The van der Waals surface area contributed by atoms with E-state index in [1.807, 2.05) is 0 Å². The highest BCUT2D eigenvalue weighted by Gasteiger charge is 2.07. The van der Waals surface area contributed by atoms with Gasteiger partial charge in [0.25, 0.3) is 5.91 Å². The van der Waals surface area contributed by atoms with Crippen LogP contribution in [0.3, 0.4) is 0 Å². The first-order chi connectivity index (χ1) is 6.36. The number of nitrogens with zero attached hydrogens (tertiary/aromatic N) is 2. The zero-order valence-electron chi connectivity index (χ0n) is 6.61. The van der Waals surface area contributed by atoms with Gasteiger partial charge >= 0.3 is 0 Å². The van der Waals surface area contributed by atoms with E-state index in [4.69, 9.17) is 0 Å². The molecule has 1 amide bonds. The molecule has 6 nitrogen and oxygen atoms in total. The fraction of sp³-hybridized carbons (Fsp3) is 0. The number of carbonyl (C=O) groups is 1. The fourth-order valence-electron chi connectivity index (χ4n) is 0.891. The van der Waals surface area contributed by atoms with Crippen molar-refractivity contribution in [1.82, 2.24) is 20.2 Å². The molecule has 0 bridgehead atoms. The molecule has 2 heterocycles. The largest absolute Gasteiger partial charge is 0.331 e. The van der Waals surface area contributed by atoms with Gasteiger partial charge in [-0.05, 0) is 6.07 Å². The van der Waals surface area contributed by atoms with Crippen molar-refractivity contribution in [1.29, 1.82) is 0 Å². The smallest absolute Gasteiger partial charge is 0.275 e. The molecule has 0 aromatic carbocycles. The Morgan fingerprint density at radius 3 is 3.00 bits per heavy atom. The van der Waals surface area contributed by atoms with E-state index in [2.05, 4.69) is 25.5 Å². The Morgan fingerprint density at radius 1 is 1.46 bits per heavy atom. The predicted octanol–water partition coefficient (Wildman–Crippen LogP) is 0.385. The Hall–Kier alpha value is -2.11. The summed E-state index contributed by atoms with van der Waals surface area (Å²) < 4.78 is 0. The lowest BCUT2D eigenvalue weighted by atomic mass is 10.4. The molecule has 0 aliphatic rings. The summed E-state index contributed by atoms with van der Waals surface area (Å²) in [6.45, 7) is 0. The number of imidazole rings is 1. The molecule has 0 aliphatic heterocycles. The molecule has 13 heavy (non-hydrogen) atoms. The lowest BCUT2D eigenvalue weighted by molar-refractivity contribution is 0.102. The lowest BCUT2D eigenvalue weighted by Gasteiger charge is -1.97. The van der Waals surface area contributed by atoms with Crippen LogP contribution in [-0.4, -0.2) is 26.1 Å². The summed E-state index contributed by atoms with van der Waals surface area (Å²) in [6, 6.07) is 1.58. The Morgan fingerprint density at radius 2 is 2.38 bits per heavy atom. The van der Waals surface area contributed by atoms with Crippen LogP contribution in [0.1, 0.15) is 10.5 Å². The molecule has 66 valence electrons. The molecule has 6 heteroatoms. The molecule has 0 spiro atoms. The maximum Gasteiger partial charge on any atom is 0.275 e. The van der Waals surface area contributed by atoms with Crippen LogP contribution in [0.15, 0.2) is 24.7 Å². The van der Waals surface area contributed by atoms with Gasteiger partial charge < -0.3 is 4.98 Å². The number of H-pyrrole nitrogens is 2. The van der Waals surface area contributed by atoms with Crippen molar-refractivity contribution in [3.05, 3.63) is 30.4 Å². The highest BCUT2D eigenvalue weighted by Crippen LogP contribution is 1.99. The van der Waals surface area contributed by atoms with Crippen molar-refractivity contribution in [3.63, 3.8) is 0 Å². The molecule has 0 saturated heterocycles. The summed E-state index contributed by atoms with van der Waals surface area (Å²) in [5.74, 6) is 0.145. The third kappa shape index (κ3) is 1.56. The Balaban J connectivity index is 2.08. The van der Waals surface area contributed by atoms with Gasteiger partial charge in [-0.25, -0.2) is 4.98 Å². The number of anilines is 1. The van der Waals surface area contributed by atoms with Gasteiger partial charge in [-0.15, -0.1) is 0 Å². The normalized spacial score (nSPS) is 9.85. The highest BCUT2D eigenvalue weighted by molar-refractivity contribution is 6.01. The van der Waals surface area contributed by atoms with E-state index in [0.29, 0.717) is 11.6 Å². The van der Waals surface area contributed by atoms with Gasteiger partial charge in [0.05, 0.1) is 0 Å². The van der Waals surface area contributed by atoms with E-state index in [-0.39, 0.29) is 5.91 Å². The summed E-state index contributed by atoms with van der Waals surface area (Å²) in [4.78, 5) is 17.9. The molecule has 3 N–H and O–H groups in total. The van der Waals surface area contributed by atoms with Gasteiger partial charge in [0.1, 0.15) is 5.69 Å². The number of hydrogen-bond donors (Lipinski definition) is 3. The Bertz CT molecular complexity index is 377. The minimum Gasteiger partial charge on any atom is -0.331 e. The molecule has 2 aromatic rings. The number of nitrogens with one attached hydrogen (secondary N) is 3. The fourth-order valence-corrected chi connectivity index (χ4v) is 0.891. The lowest BCUT2D eigenvalue weighted by Crippen LogP contribution is -2.13. The molecule has 0 fully saturated rings. The third-order valence-corrected chi connectivity index (χ3v) is 1.48. The van der Waals surface area contributed by atoms with Gasteiger partial charge in [-0.2, -0.15) is 5.10 Å². The third-order valence-electron chi connectivity index (χ3n) is 1.48. The van der Waals surface area contributed by atoms with Crippen LogP contribution < -0.4 is 5.32 Å². The van der Waals surface area contributed by atoms with Crippen molar-refractivity contribution < 1.29 is 4.79 Å². The molecule has 0 atom stereocenters. The number of carbonyl (C=O) groups excluding carboxylic acids is 1. The van der Waals surface area contributed by atoms with E-state index in [1.165, 1.54) is 6.20 Å². The molecule has 2 aromatic heterocycles. The maximum absolute atomic E-state index is 11.3. The standard InChI is InChI=1S/C7H7N5O/c13-6(5-1-2-10-12-5)11-7-8-3-4-9-7/h1-4H,(H,10,12)(H2,8,9,11,13). The van der Waals surface area contributed by atoms with E-state index in [0.717, 1.165) is 0 Å². The van der Waals surface area contributed by atoms with Gasteiger partial charge in [0, 0.05) is 18.6 Å². The maximum atomic E-state index is 11.3. The average molecular weight is 177 g/mol. The minimum absolute atomic E-state index is 0.271. The molecule has 0 radical (unpaired) electrons. The number of amides is 1. The van der Waals surface area contributed by atoms with Crippen molar-refractivity contribution in [2.45, 2.75) is 0 Å². The quantitative estimate of drug-likeness (QED) is 0.620. The van der Waals surface area contributed by atoms with Crippen LogP contribution >= 0.6 is 0 Å². The summed E-state index contributed by atoms with van der Waals surface area (Å²) in [6.07, 6.45) is 4.70. The van der Waals surface area contributed by atoms with Crippen LogP contribution in [0.25, 0.3) is 0 Å². The molecule has 0 aliphatic carbocycles. The average Bonchev–Trinajstić information content (AvgIpc) is 2.74. The minimum atomic E-state index is -0.271. The van der Waals surface area contributed by atoms with Crippen molar-refractivity contribution in [3.8, 4) is 0 Å². The second-order valence-electron chi connectivity index (χ2n) is 2.36. The van der Waals surface area contributed by atoms with Gasteiger partial charge in [-0.3, -0.25) is 15.2 Å². The number of aromatic nitrogens is 4. The van der Waals surface area contributed by atoms with E-state index in [9.17, 15) is 4.79 Å². The van der Waals surface area contributed by atoms with Crippen LogP contribution in [-0.2, 0) is 0 Å². The van der Waals surface area contributed by atoms with Gasteiger partial charge in [0.2, 0.25) is 5.95 Å². The molecular formula is C7H7N5O. The first-order valence-electron chi connectivity index (χ1n) is 3.66. The zero-order valence-corrected chi connectivity index (χ0v) is 6.61. The van der Waals surface area contributed by atoms with E-state index >= 15 is 0 Å². The first-order valence-corrected chi connectivity index (χ1v) is 3.66. The number of rotatable bonds is 2. The van der Waals surface area contributed by atoms with Crippen molar-refractivity contribution >= 4 is 11.9 Å². The van der Waals surface area contributed by atoms with Crippen molar-refractivity contribution in [2.75, 3.05) is 5.32 Å². The van der Waals surface area contributed by atoms with Crippen LogP contribution in [0, 0.1) is 0 Å². The van der Waals surface area contributed by atoms with Crippen LogP contribution in [0.2, 0.25) is 0 Å². The highest BCUT2D eigenvalue weighted by atomic mass is 16.2. The molecule has 0 unspecified atom stereocenters. The first kappa shape index (κ1) is 7.53. The number of aromatic amines is 2. The van der Waals surface area contributed by atoms with Gasteiger partial charge in [0.15, 0.2) is 0 Å². The molecular weight excluding hydrogens is 170 g/mol. The molecule has 2 rings (SSSR count). The van der Waals surface area contributed by atoms with E-state index in [1.54, 1.807) is 18.5 Å².